The van der Waals surface area contributed by atoms with Crippen molar-refractivity contribution in [2.75, 3.05) is 4.43 Å². The SMILES string of the molecule is CC/C=C1/C2=C(C=C(I)CC2)CCC1CCI. The van der Waals surface area contributed by atoms with Gasteiger partial charge in [0.1, 0.15) is 0 Å². The van der Waals surface area contributed by atoms with E-state index in [-0.39, 0.29) is 0 Å². The van der Waals surface area contributed by atoms with Crippen LogP contribution >= 0.6 is 45.2 Å². The quantitative estimate of drug-likeness (QED) is 0.365. The molecule has 0 heterocycles. The average molecular weight is 454 g/mol. The van der Waals surface area contributed by atoms with E-state index in [4.69, 9.17) is 0 Å². The molecule has 0 aliphatic heterocycles. The number of rotatable bonds is 3. The molecular weight excluding hydrogens is 434 g/mol. The smallest absolute Gasteiger partial charge is 0.000109 e. The van der Waals surface area contributed by atoms with Crippen LogP contribution in [0.5, 0.6) is 0 Å². The molecule has 0 N–H and O–H groups in total. The molecule has 2 heteroatoms. The van der Waals surface area contributed by atoms with Crippen molar-refractivity contribution in [1.82, 2.24) is 0 Å². The van der Waals surface area contributed by atoms with E-state index < -0.39 is 0 Å². The first-order valence-corrected chi connectivity index (χ1v) is 9.21. The second kappa shape index (κ2) is 6.73. The summed E-state index contributed by atoms with van der Waals surface area (Å²) in [4.78, 5) is 0. The third-order valence-electron chi connectivity index (χ3n) is 3.76. The molecule has 0 radical (unpaired) electrons. The Morgan fingerprint density at radius 1 is 1.35 bits per heavy atom. The summed E-state index contributed by atoms with van der Waals surface area (Å²) >= 11 is 5.03. The van der Waals surface area contributed by atoms with Gasteiger partial charge < -0.3 is 0 Å². The molecular formula is C15H20I2. The van der Waals surface area contributed by atoms with Crippen molar-refractivity contribution < 1.29 is 0 Å². The molecule has 0 spiro atoms. The van der Waals surface area contributed by atoms with Crippen molar-refractivity contribution in [2.24, 2.45) is 5.92 Å². The normalized spacial score (nSPS) is 27.1. The van der Waals surface area contributed by atoms with Crippen molar-refractivity contribution in [3.63, 3.8) is 0 Å². The molecule has 1 atom stereocenters. The number of alkyl halides is 1. The summed E-state index contributed by atoms with van der Waals surface area (Å²) in [5, 5.41) is 0. The third kappa shape index (κ3) is 3.37. The lowest BCUT2D eigenvalue weighted by atomic mass is 9.75. The zero-order valence-corrected chi connectivity index (χ0v) is 14.8. The van der Waals surface area contributed by atoms with Gasteiger partial charge in [0.15, 0.2) is 0 Å². The summed E-state index contributed by atoms with van der Waals surface area (Å²) in [5.41, 5.74) is 5.05. The molecule has 2 rings (SSSR count). The summed E-state index contributed by atoms with van der Waals surface area (Å²) in [6.07, 6.45) is 12.7. The van der Waals surface area contributed by atoms with Crippen molar-refractivity contribution >= 4 is 45.2 Å². The molecule has 0 aromatic carbocycles. The minimum absolute atomic E-state index is 0.842. The van der Waals surface area contributed by atoms with Gasteiger partial charge in [0.25, 0.3) is 0 Å². The van der Waals surface area contributed by atoms with Crippen LogP contribution in [0, 0.1) is 5.92 Å². The molecule has 0 aromatic rings. The molecule has 0 bridgehead atoms. The zero-order valence-electron chi connectivity index (χ0n) is 10.4. The Hall–Kier alpha value is 0.680. The van der Waals surface area contributed by atoms with E-state index >= 15 is 0 Å². The van der Waals surface area contributed by atoms with E-state index in [9.17, 15) is 0 Å². The highest BCUT2D eigenvalue weighted by atomic mass is 127. The van der Waals surface area contributed by atoms with E-state index in [2.05, 4.69) is 64.3 Å². The summed E-state index contributed by atoms with van der Waals surface area (Å²) in [6.45, 7) is 2.27. The number of hydrogen-bond donors (Lipinski definition) is 0. The fourth-order valence-corrected chi connectivity index (χ4v) is 4.38. The van der Waals surface area contributed by atoms with Crippen molar-refractivity contribution in [1.29, 1.82) is 0 Å². The molecule has 0 saturated heterocycles. The minimum atomic E-state index is 0.842. The van der Waals surface area contributed by atoms with Crippen molar-refractivity contribution in [3.05, 3.63) is 32.5 Å². The fraction of sp³-hybridized carbons (Fsp3) is 0.600. The number of hydrogen-bond acceptors (Lipinski definition) is 0. The first kappa shape index (κ1) is 14.1. The molecule has 0 nitrogen and oxygen atoms in total. The minimum Gasteiger partial charge on any atom is -0.0864 e. The van der Waals surface area contributed by atoms with Crippen LogP contribution in [0.3, 0.4) is 0 Å². The molecule has 17 heavy (non-hydrogen) atoms. The third-order valence-corrected chi connectivity index (χ3v) is 5.24. The topological polar surface area (TPSA) is 0 Å². The van der Waals surface area contributed by atoms with E-state index in [1.54, 1.807) is 20.3 Å². The van der Waals surface area contributed by atoms with E-state index in [1.165, 1.54) is 43.0 Å². The first-order valence-electron chi connectivity index (χ1n) is 6.60. The largest absolute Gasteiger partial charge is 0.0864 e. The van der Waals surface area contributed by atoms with Gasteiger partial charge in [0.05, 0.1) is 0 Å². The summed E-state index contributed by atoms with van der Waals surface area (Å²) in [5.74, 6) is 0.842. The zero-order chi connectivity index (χ0) is 12.3. The fourth-order valence-electron chi connectivity index (χ4n) is 2.98. The molecule has 1 unspecified atom stereocenters. The monoisotopic (exact) mass is 454 g/mol. The Balaban J connectivity index is 2.31. The second-order valence-electron chi connectivity index (χ2n) is 4.88. The van der Waals surface area contributed by atoms with Crippen LogP contribution in [0.15, 0.2) is 32.5 Å². The van der Waals surface area contributed by atoms with Gasteiger partial charge in [-0.25, -0.2) is 0 Å². The highest BCUT2D eigenvalue weighted by Crippen LogP contribution is 2.43. The van der Waals surface area contributed by atoms with E-state index in [0.29, 0.717) is 0 Å². The van der Waals surface area contributed by atoms with Crippen LogP contribution in [-0.2, 0) is 0 Å². The summed E-state index contributed by atoms with van der Waals surface area (Å²) in [7, 11) is 0. The average Bonchev–Trinajstić information content (AvgIpc) is 2.32. The molecule has 2 aliphatic rings. The summed E-state index contributed by atoms with van der Waals surface area (Å²) in [6, 6.07) is 0. The lowest BCUT2D eigenvalue weighted by Gasteiger charge is -2.32. The van der Waals surface area contributed by atoms with Gasteiger partial charge in [0.2, 0.25) is 0 Å². The Morgan fingerprint density at radius 3 is 2.88 bits per heavy atom. The maximum Gasteiger partial charge on any atom is 0.000109 e. The Kier molecular flexibility index (Phi) is 5.58. The lowest BCUT2D eigenvalue weighted by molar-refractivity contribution is 0.525. The highest BCUT2D eigenvalue weighted by Gasteiger charge is 2.26. The predicted molar refractivity (Wildman–Crippen MR) is 93.0 cm³/mol. The predicted octanol–water partition coefficient (Wildman–Crippen LogP) is 5.97. The Morgan fingerprint density at radius 2 is 2.18 bits per heavy atom. The van der Waals surface area contributed by atoms with Gasteiger partial charge in [0, 0.05) is 4.43 Å². The van der Waals surface area contributed by atoms with E-state index in [1.807, 2.05) is 0 Å². The second-order valence-corrected chi connectivity index (χ2v) is 7.34. The van der Waals surface area contributed by atoms with Crippen LogP contribution in [0.25, 0.3) is 0 Å². The molecule has 0 aromatic heterocycles. The molecule has 94 valence electrons. The molecule has 0 saturated carbocycles. The number of allylic oxidation sites excluding steroid dienone is 6. The van der Waals surface area contributed by atoms with E-state index in [0.717, 1.165) is 5.92 Å². The first-order chi connectivity index (χ1) is 8.26. The van der Waals surface area contributed by atoms with Crippen molar-refractivity contribution in [2.45, 2.75) is 45.4 Å². The lowest BCUT2D eigenvalue weighted by Crippen LogP contribution is -2.16. The number of halogens is 2. The van der Waals surface area contributed by atoms with Gasteiger partial charge in [-0.2, -0.15) is 0 Å². The highest BCUT2D eigenvalue weighted by molar-refractivity contribution is 14.1. The van der Waals surface area contributed by atoms with Crippen LogP contribution in [0.1, 0.15) is 45.4 Å². The standard InChI is InChI=1S/C15H20I2/c1-2-3-14-11(8-9-16)4-5-12-10-13(17)6-7-15(12)14/h3,10-11H,2,4-9H2,1H3/b14-3+. The maximum absolute atomic E-state index is 2.52. The van der Waals surface area contributed by atoms with Gasteiger partial charge in [-0.3, -0.25) is 0 Å². The molecule has 0 fully saturated rings. The van der Waals surface area contributed by atoms with Gasteiger partial charge in [-0.1, -0.05) is 35.6 Å². The Bertz CT molecular complexity index is 374. The van der Waals surface area contributed by atoms with Gasteiger partial charge in [-0.15, -0.1) is 0 Å². The van der Waals surface area contributed by atoms with Gasteiger partial charge in [-0.05, 0) is 93.4 Å². The van der Waals surface area contributed by atoms with Crippen LogP contribution in [0.4, 0.5) is 0 Å². The maximum atomic E-state index is 2.52. The van der Waals surface area contributed by atoms with Crippen LogP contribution < -0.4 is 0 Å². The van der Waals surface area contributed by atoms with Gasteiger partial charge >= 0.3 is 0 Å². The van der Waals surface area contributed by atoms with Crippen LogP contribution in [0.2, 0.25) is 0 Å². The summed E-state index contributed by atoms with van der Waals surface area (Å²) < 4.78 is 2.84. The Labute approximate surface area is 132 Å². The van der Waals surface area contributed by atoms with Crippen molar-refractivity contribution in [3.8, 4) is 0 Å². The van der Waals surface area contributed by atoms with Crippen LogP contribution in [-0.4, -0.2) is 4.43 Å². The molecule has 2 aliphatic carbocycles. The molecule has 0 amide bonds.